The third kappa shape index (κ3) is 3.39. The normalized spacial score (nSPS) is 26.1. The third-order valence-electron chi connectivity index (χ3n) is 6.12. The molecule has 140 valence electrons. The first-order chi connectivity index (χ1) is 12.3. The van der Waals surface area contributed by atoms with E-state index in [9.17, 15) is 9.90 Å². The maximum atomic E-state index is 12.6. The van der Waals surface area contributed by atoms with Crippen molar-refractivity contribution < 1.29 is 9.90 Å². The van der Waals surface area contributed by atoms with Gasteiger partial charge in [0, 0.05) is 11.1 Å². The molecule has 1 amide bonds. The Morgan fingerprint density at radius 1 is 1.27 bits per heavy atom. The molecular formula is C21H28N2O2S. The van der Waals surface area contributed by atoms with Crippen molar-refractivity contribution in [2.75, 3.05) is 0 Å². The molecule has 26 heavy (non-hydrogen) atoms. The number of aromatic nitrogens is 1. The monoisotopic (exact) mass is 372 g/mol. The van der Waals surface area contributed by atoms with Gasteiger partial charge in [-0.2, -0.15) is 0 Å². The molecule has 2 aliphatic rings. The number of aliphatic hydroxyl groups excluding tert-OH is 1. The standard InChI is InChI=1S/C21H28N2O2S/c1-21(2,3)14-7-8-15-12(10-14)9-13-11-18(26-20(13)23-15)19(25)22-16-5-4-6-17(16)24/h9,11,14,16-17,24H,4-8,10H2,1-3H3,(H,22,25)/t14?,16?,17-/m1/s1. The van der Waals surface area contributed by atoms with Crippen LogP contribution >= 0.6 is 11.3 Å². The number of aryl methyl sites for hydroxylation is 1. The van der Waals surface area contributed by atoms with Crippen molar-refractivity contribution in [1.82, 2.24) is 10.3 Å². The van der Waals surface area contributed by atoms with Crippen LogP contribution in [0.1, 0.15) is 67.4 Å². The van der Waals surface area contributed by atoms with Crippen molar-refractivity contribution in [3.63, 3.8) is 0 Å². The van der Waals surface area contributed by atoms with Crippen LogP contribution in [0.3, 0.4) is 0 Å². The van der Waals surface area contributed by atoms with Crippen molar-refractivity contribution in [1.29, 1.82) is 0 Å². The number of hydrogen-bond acceptors (Lipinski definition) is 4. The number of fused-ring (bicyclic) bond motifs is 2. The van der Waals surface area contributed by atoms with Gasteiger partial charge >= 0.3 is 0 Å². The fraction of sp³-hybridized carbons (Fsp3) is 0.619. The molecule has 0 bridgehead atoms. The van der Waals surface area contributed by atoms with E-state index in [1.165, 1.54) is 29.0 Å². The zero-order valence-electron chi connectivity index (χ0n) is 15.8. The maximum absolute atomic E-state index is 12.6. The molecular weight excluding hydrogens is 344 g/mol. The molecule has 3 atom stereocenters. The van der Waals surface area contributed by atoms with E-state index in [2.05, 4.69) is 32.2 Å². The summed E-state index contributed by atoms with van der Waals surface area (Å²) < 4.78 is 0. The Balaban J connectivity index is 1.57. The molecule has 4 nitrogen and oxygen atoms in total. The number of carbonyl (C=O) groups excluding carboxylic acids is 1. The average Bonchev–Trinajstić information content (AvgIpc) is 3.17. The smallest absolute Gasteiger partial charge is 0.261 e. The summed E-state index contributed by atoms with van der Waals surface area (Å²) in [4.78, 5) is 19.1. The highest BCUT2D eigenvalue weighted by atomic mass is 32.1. The van der Waals surface area contributed by atoms with Crippen molar-refractivity contribution >= 4 is 27.5 Å². The van der Waals surface area contributed by atoms with Gasteiger partial charge in [0.05, 0.1) is 17.0 Å². The van der Waals surface area contributed by atoms with Crippen molar-refractivity contribution in [2.24, 2.45) is 11.3 Å². The molecule has 2 heterocycles. The predicted octanol–water partition coefficient (Wildman–Crippen LogP) is 4.09. The van der Waals surface area contributed by atoms with Crippen LogP contribution in [0.2, 0.25) is 0 Å². The number of hydrogen-bond donors (Lipinski definition) is 2. The van der Waals surface area contributed by atoms with Gasteiger partial charge in [0.1, 0.15) is 4.83 Å². The van der Waals surface area contributed by atoms with Crippen LogP contribution in [0, 0.1) is 11.3 Å². The summed E-state index contributed by atoms with van der Waals surface area (Å²) in [6.45, 7) is 6.96. The van der Waals surface area contributed by atoms with Crippen LogP contribution in [0.5, 0.6) is 0 Å². The number of thiophene rings is 1. The number of amides is 1. The van der Waals surface area contributed by atoms with Crippen molar-refractivity contribution in [3.05, 3.63) is 28.3 Å². The van der Waals surface area contributed by atoms with Crippen LogP contribution < -0.4 is 5.32 Å². The molecule has 2 unspecified atom stereocenters. The van der Waals surface area contributed by atoms with Gasteiger partial charge < -0.3 is 10.4 Å². The first-order valence-corrected chi connectivity index (χ1v) is 10.5. The topological polar surface area (TPSA) is 62.2 Å². The number of nitrogens with zero attached hydrogens (tertiary/aromatic N) is 1. The lowest BCUT2D eigenvalue weighted by Crippen LogP contribution is -2.39. The molecule has 4 rings (SSSR count). The summed E-state index contributed by atoms with van der Waals surface area (Å²) in [6, 6.07) is 4.10. The zero-order chi connectivity index (χ0) is 18.5. The second-order valence-electron chi connectivity index (χ2n) is 8.98. The van der Waals surface area contributed by atoms with E-state index in [0.29, 0.717) is 16.2 Å². The summed E-state index contributed by atoms with van der Waals surface area (Å²) >= 11 is 1.46. The summed E-state index contributed by atoms with van der Waals surface area (Å²) in [7, 11) is 0. The third-order valence-corrected chi connectivity index (χ3v) is 7.16. The minimum Gasteiger partial charge on any atom is -0.391 e. The van der Waals surface area contributed by atoms with E-state index in [4.69, 9.17) is 4.98 Å². The van der Waals surface area contributed by atoms with Gasteiger partial charge in [0.2, 0.25) is 0 Å². The number of carbonyl (C=O) groups is 1. The molecule has 2 aromatic heterocycles. The van der Waals surface area contributed by atoms with Gasteiger partial charge in [-0.1, -0.05) is 20.8 Å². The maximum Gasteiger partial charge on any atom is 0.261 e. The van der Waals surface area contributed by atoms with Crippen LogP contribution in [-0.2, 0) is 12.8 Å². The molecule has 2 aromatic rings. The van der Waals surface area contributed by atoms with E-state index in [1.807, 2.05) is 6.07 Å². The van der Waals surface area contributed by atoms with E-state index in [1.54, 1.807) is 0 Å². The molecule has 0 radical (unpaired) electrons. The zero-order valence-corrected chi connectivity index (χ0v) is 16.7. The molecule has 0 aromatic carbocycles. The minimum atomic E-state index is -0.409. The number of nitrogens with one attached hydrogen (secondary N) is 1. The molecule has 0 aliphatic heterocycles. The Kier molecular flexibility index (Phi) is 4.56. The first kappa shape index (κ1) is 17.9. The van der Waals surface area contributed by atoms with Gasteiger partial charge in [-0.15, -0.1) is 11.3 Å². The average molecular weight is 373 g/mol. The van der Waals surface area contributed by atoms with Crippen LogP contribution in [0.15, 0.2) is 12.1 Å². The lowest BCUT2D eigenvalue weighted by molar-refractivity contribution is 0.0877. The Bertz CT molecular complexity index is 836. The van der Waals surface area contributed by atoms with Gasteiger partial charge in [-0.25, -0.2) is 4.98 Å². The largest absolute Gasteiger partial charge is 0.391 e. The molecule has 5 heteroatoms. The fourth-order valence-electron chi connectivity index (χ4n) is 4.32. The van der Waals surface area contributed by atoms with Gasteiger partial charge in [-0.3, -0.25) is 4.79 Å². The first-order valence-electron chi connectivity index (χ1n) is 9.72. The highest BCUT2D eigenvalue weighted by Gasteiger charge is 2.30. The molecule has 2 N–H and O–H groups in total. The predicted molar refractivity (Wildman–Crippen MR) is 106 cm³/mol. The molecule has 0 saturated heterocycles. The van der Waals surface area contributed by atoms with Crippen molar-refractivity contribution in [2.45, 2.75) is 71.4 Å². The summed E-state index contributed by atoms with van der Waals surface area (Å²) in [6.07, 6.45) is 5.50. The van der Waals surface area contributed by atoms with Crippen LogP contribution in [-0.4, -0.2) is 28.1 Å². The SMILES string of the molecule is CC(C)(C)C1CCc2nc3sc(C(=O)NC4CCC[C@H]4O)cc3cc2C1. The highest BCUT2D eigenvalue weighted by Crippen LogP contribution is 2.38. The Labute approximate surface area is 159 Å². The molecule has 1 saturated carbocycles. The lowest BCUT2D eigenvalue weighted by Gasteiger charge is -2.34. The Morgan fingerprint density at radius 2 is 2.08 bits per heavy atom. The molecule has 2 aliphatic carbocycles. The second-order valence-corrected chi connectivity index (χ2v) is 10.0. The molecule has 0 spiro atoms. The van der Waals surface area contributed by atoms with E-state index in [0.717, 1.165) is 42.3 Å². The Morgan fingerprint density at radius 3 is 2.77 bits per heavy atom. The number of aliphatic hydroxyl groups is 1. The lowest BCUT2D eigenvalue weighted by atomic mass is 9.71. The number of rotatable bonds is 2. The van der Waals surface area contributed by atoms with Gasteiger partial charge in [0.25, 0.3) is 5.91 Å². The fourth-order valence-corrected chi connectivity index (χ4v) is 5.26. The summed E-state index contributed by atoms with van der Waals surface area (Å²) in [5.41, 5.74) is 2.87. The van der Waals surface area contributed by atoms with Crippen molar-refractivity contribution in [3.8, 4) is 0 Å². The Hall–Kier alpha value is -1.46. The highest BCUT2D eigenvalue weighted by molar-refractivity contribution is 7.20. The summed E-state index contributed by atoms with van der Waals surface area (Å²) in [5, 5.41) is 14.0. The van der Waals surface area contributed by atoms with E-state index in [-0.39, 0.29) is 11.9 Å². The summed E-state index contributed by atoms with van der Waals surface area (Å²) in [5.74, 6) is 0.601. The van der Waals surface area contributed by atoms with E-state index < -0.39 is 6.10 Å². The minimum absolute atomic E-state index is 0.0792. The quantitative estimate of drug-likeness (QED) is 0.835. The molecule has 1 fully saturated rings. The van der Waals surface area contributed by atoms with Crippen LogP contribution in [0.25, 0.3) is 10.2 Å². The number of pyridine rings is 1. The second kappa shape index (κ2) is 6.61. The van der Waals surface area contributed by atoms with E-state index >= 15 is 0 Å². The van der Waals surface area contributed by atoms with Gasteiger partial charge in [-0.05, 0) is 67.6 Å². The van der Waals surface area contributed by atoms with Gasteiger partial charge in [0.15, 0.2) is 0 Å². The van der Waals surface area contributed by atoms with Crippen LogP contribution in [0.4, 0.5) is 0 Å².